The summed E-state index contributed by atoms with van der Waals surface area (Å²) in [5, 5.41) is 2.83. The lowest BCUT2D eigenvalue weighted by molar-refractivity contribution is -0.151. The molecule has 1 aliphatic heterocycles. The average molecular weight is 357 g/mol. The number of allylic oxidation sites excluding steroid dienone is 2. The fourth-order valence-corrected chi connectivity index (χ4v) is 3.85. The van der Waals surface area contributed by atoms with Gasteiger partial charge in [0.1, 0.15) is 11.7 Å². The quantitative estimate of drug-likeness (QED) is 0.661. The van der Waals surface area contributed by atoms with E-state index in [-0.39, 0.29) is 29.9 Å². The third-order valence-corrected chi connectivity index (χ3v) is 5.05. The second-order valence-electron chi connectivity index (χ2n) is 6.75. The molecule has 1 amide bonds. The number of esters is 1. The van der Waals surface area contributed by atoms with Gasteiger partial charge in [-0.3, -0.25) is 14.4 Å². The Kier molecular flexibility index (Phi) is 5.11. The van der Waals surface area contributed by atoms with Crippen LogP contribution in [0.1, 0.15) is 38.2 Å². The molecule has 0 unspecified atom stereocenters. The van der Waals surface area contributed by atoms with Crippen molar-refractivity contribution < 1.29 is 23.9 Å². The van der Waals surface area contributed by atoms with Gasteiger partial charge in [0.25, 0.3) is 0 Å². The zero-order chi connectivity index (χ0) is 18.8. The summed E-state index contributed by atoms with van der Waals surface area (Å²) >= 11 is 0. The molecule has 1 aromatic carbocycles. The molecule has 3 atom stereocenters. The molecule has 2 aliphatic rings. The van der Waals surface area contributed by atoms with Crippen LogP contribution >= 0.6 is 0 Å². The highest BCUT2D eigenvalue weighted by Crippen LogP contribution is 2.42. The third-order valence-electron chi connectivity index (χ3n) is 5.05. The molecule has 1 N–H and O–H groups in total. The number of methoxy groups -OCH3 is 1. The van der Waals surface area contributed by atoms with Crippen molar-refractivity contribution in [1.82, 2.24) is 5.32 Å². The van der Waals surface area contributed by atoms with Gasteiger partial charge in [0.15, 0.2) is 5.78 Å². The zero-order valence-electron chi connectivity index (χ0n) is 15.2. The van der Waals surface area contributed by atoms with Crippen molar-refractivity contribution in [3.63, 3.8) is 0 Å². The van der Waals surface area contributed by atoms with E-state index in [1.54, 1.807) is 0 Å². The molecule has 26 heavy (non-hydrogen) atoms. The summed E-state index contributed by atoms with van der Waals surface area (Å²) < 4.78 is 10.3. The molecule has 0 radical (unpaired) electrons. The van der Waals surface area contributed by atoms with E-state index in [1.165, 1.54) is 7.11 Å². The van der Waals surface area contributed by atoms with E-state index in [9.17, 15) is 14.4 Å². The van der Waals surface area contributed by atoms with Gasteiger partial charge in [0, 0.05) is 23.6 Å². The first-order chi connectivity index (χ1) is 12.5. The first-order valence-electron chi connectivity index (χ1n) is 8.84. The minimum Gasteiger partial charge on any atom is -0.494 e. The minimum atomic E-state index is -0.820. The van der Waals surface area contributed by atoms with Crippen LogP contribution < -0.4 is 10.1 Å². The first kappa shape index (κ1) is 18.2. The van der Waals surface area contributed by atoms with Gasteiger partial charge in [0.05, 0.1) is 13.7 Å². The topological polar surface area (TPSA) is 81.7 Å². The number of carbonyl (C=O) groups excluding carboxylic acids is 3. The van der Waals surface area contributed by atoms with E-state index < -0.39 is 11.9 Å². The second-order valence-corrected chi connectivity index (χ2v) is 6.75. The van der Waals surface area contributed by atoms with Gasteiger partial charge in [-0.1, -0.05) is 19.1 Å². The highest BCUT2D eigenvalue weighted by Gasteiger charge is 2.45. The van der Waals surface area contributed by atoms with Gasteiger partial charge in [-0.15, -0.1) is 0 Å². The number of hydrogen-bond donors (Lipinski definition) is 1. The first-order valence-corrected chi connectivity index (χ1v) is 8.84. The predicted molar refractivity (Wildman–Crippen MR) is 94.4 cm³/mol. The summed E-state index contributed by atoms with van der Waals surface area (Å²) in [6.45, 7) is 4.30. The van der Waals surface area contributed by atoms with Crippen molar-refractivity contribution in [3.8, 4) is 5.75 Å². The normalized spacial score (nSPS) is 25.4. The van der Waals surface area contributed by atoms with Gasteiger partial charge in [-0.2, -0.15) is 0 Å². The maximum Gasteiger partial charge on any atom is 0.316 e. The van der Waals surface area contributed by atoms with E-state index in [4.69, 9.17) is 9.47 Å². The van der Waals surface area contributed by atoms with Crippen LogP contribution in [0.5, 0.6) is 5.75 Å². The third kappa shape index (κ3) is 3.23. The zero-order valence-corrected chi connectivity index (χ0v) is 15.2. The van der Waals surface area contributed by atoms with E-state index in [2.05, 4.69) is 5.32 Å². The molecule has 3 rings (SSSR count). The number of rotatable bonds is 4. The highest BCUT2D eigenvalue weighted by molar-refractivity contribution is 6.11. The van der Waals surface area contributed by atoms with Crippen molar-refractivity contribution >= 4 is 17.7 Å². The summed E-state index contributed by atoms with van der Waals surface area (Å²) in [6.07, 6.45) is 0.654. The van der Waals surface area contributed by atoms with Crippen molar-refractivity contribution in [2.75, 3.05) is 13.7 Å². The summed E-state index contributed by atoms with van der Waals surface area (Å²) in [7, 11) is 1.29. The van der Waals surface area contributed by atoms with Gasteiger partial charge in [-0.25, -0.2) is 0 Å². The molecule has 0 fully saturated rings. The molecule has 6 heteroatoms. The number of amides is 1. The summed E-state index contributed by atoms with van der Waals surface area (Å²) in [5.41, 5.74) is 2.03. The smallest absolute Gasteiger partial charge is 0.316 e. The SMILES string of the molecule is CCOc1ccc([C@@H]2CC(=O)NC3=C2C(=O)[C@@H](C(=O)OC)[C@H](C)C3)cc1. The Morgan fingerprint density at radius 1 is 1.19 bits per heavy atom. The van der Waals surface area contributed by atoms with E-state index in [0.29, 0.717) is 24.3 Å². The van der Waals surface area contributed by atoms with Crippen LogP contribution in [0.4, 0.5) is 0 Å². The lowest BCUT2D eigenvalue weighted by atomic mass is 9.70. The van der Waals surface area contributed by atoms with Crippen LogP contribution in [-0.2, 0) is 19.1 Å². The van der Waals surface area contributed by atoms with Gasteiger partial charge in [0.2, 0.25) is 5.91 Å². The fourth-order valence-electron chi connectivity index (χ4n) is 3.85. The average Bonchev–Trinajstić information content (AvgIpc) is 2.61. The molecule has 1 aliphatic carbocycles. The van der Waals surface area contributed by atoms with Crippen LogP contribution in [0.25, 0.3) is 0 Å². The Labute approximate surface area is 152 Å². The lowest BCUT2D eigenvalue weighted by Crippen LogP contribution is -2.44. The Morgan fingerprint density at radius 2 is 1.88 bits per heavy atom. The summed E-state index contributed by atoms with van der Waals surface area (Å²) in [4.78, 5) is 37.4. The molecule has 0 saturated heterocycles. The van der Waals surface area contributed by atoms with Crippen LogP contribution in [0.3, 0.4) is 0 Å². The van der Waals surface area contributed by atoms with E-state index in [0.717, 1.165) is 11.3 Å². The Balaban J connectivity index is 2.00. The molecule has 0 aromatic heterocycles. The fraction of sp³-hybridized carbons (Fsp3) is 0.450. The maximum atomic E-state index is 13.1. The Bertz CT molecular complexity index is 765. The standard InChI is InChI=1S/C20H23NO5/c1-4-26-13-7-5-12(6-8-13)14-10-16(22)21-15-9-11(2)17(20(24)25-3)19(23)18(14)15/h5-8,11,14,17H,4,9-10H2,1-3H3,(H,21,22)/t11-,14+,17+/m1/s1. The lowest BCUT2D eigenvalue weighted by Gasteiger charge is -2.36. The highest BCUT2D eigenvalue weighted by atomic mass is 16.5. The minimum absolute atomic E-state index is 0.112. The van der Waals surface area contributed by atoms with Crippen molar-refractivity contribution in [2.45, 2.75) is 32.6 Å². The van der Waals surface area contributed by atoms with Crippen molar-refractivity contribution in [3.05, 3.63) is 41.1 Å². The van der Waals surface area contributed by atoms with E-state index >= 15 is 0 Å². The molecule has 138 valence electrons. The number of nitrogens with one attached hydrogen (secondary N) is 1. The van der Waals surface area contributed by atoms with Gasteiger partial charge >= 0.3 is 5.97 Å². The largest absolute Gasteiger partial charge is 0.494 e. The molecule has 0 saturated carbocycles. The van der Waals surface area contributed by atoms with Gasteiger partial charge < -0.3 is 14.8 Å². The number of ketones is 1. The number of ether oxygens (including phenoxy) is 2. The molecular formula is C20H23NO5. The number of hydrogen-bond acceptors (Lipinski definition) is 5. The van der Waals surface area contributed by atoms with Crippen molar-refractivity contribution in [2.24, 2.45) is 11.8 Å². The molecule has 6 nitrogen and oxygen atoms in total. The Hall–Kier alpha value is -2.63. The Morgan fingerprint density at radius 3 is 2.50 bits per heavy atom. The van der Waals surface area contributed by atoms with E-state index in [1.807, 2.05) is 38.1 Å². The molecule has 0 spiro atoms. The van der Waals surface area contributed by atoms with Crippen LogP contribution in [0, 0.1) is 11.8 Å². The number of carbonyl (C=O) groups is 3. The number of Topliss-reactive ketones (excluding diaryl/α,β-unsaturated/α-hetero) is 1. The molecule has 0 bridgehead atoms. The van der Waals surface area contributed by atoms with Crippen LogP contribution in [0.15, 0.2) is 35.5 Å². The summed E-state index contributed by atoms with van der Waals surface area (Å²) in [5.74, 6) is -1.53. The van der Waals surface area contributed by atoms with Crippen LogP contribution in [0.2, 0.25) is 0 Å². The van der Waals surface area contributed by atoms with Crippen molar-refractivity contribution in [1.29, 1.82) is 0 Å². The predicted octanol–water partition coefficient (Wildman–Crippen LogP) is 2.34. The molecular weight excluding hydrogens is 334 g/mol. The molecule has 1 aromatic rings. The van der Waals surface area contributed by atoms with Crippen LogP contribution in [-0.4, -0.2) is 31.4 Å². The second kappa shape index (κ2) is 7.32. The molecule has 1 heterocycles. The maximum absolute atomic E-state index is 13.1. The number of benzene rings is 1. The van der Waals surface area contributed by atoms with Gasteiger partial charge in [-0.05, 0) is 37.0 Å². The summed E-state index contributed by atoms with van der Waals surface area (Å²) in [6, 6.07) is 7.41. The monoisotopic (exact) mass is 357 g/mol.